The van der Waals surface area contributed by atoms with Crippen molar-refractivity contribution in [2.45, 2.75) is 45.1 Å². The lowest BCUT2D eigenvalue weighted by molar-refractivity contribution is -0.122. The van der Waals surface area contributed by atoms with Crippen molar-refractivity contribution in [3.8, 4) is 11.5 Å². The van der Waals surface area contributed by atoms with Gasteiger partial charge in [0.05, 0.1) is 18.3 Å². The lowest BCUT2D eigenvalue weighted by atomic mass is 9.86. The molecule has 188 valence electrons. The fourth-order valence-corrected chi connectivity index (χ4v) is 4.43. The van der Waals surface area contributed by atoms with Crippen LogP contribution >= 0.6 is 23.2 Å². The van der Waals surface area contributed by atoms with Crippen molar-refractivity contribution in [1.29, 1.82) is 0 Å². The van der Waals surface area contributed by atoms with Gasteiger partial charge in [-0.3, -0.25) is 4.79 Å². The molecule has 0 saturated heterocycles. The van der Waals surface area contributed by atoms with Crippen LogP contribution in [0.4, 0.5) is 0 Å². The first-order chi connectivity index (χ1) is 17.2. The SMILES string of the molecule is COc1ccc(/C=N\NC(=O)[C@H]2C[C@@H]2c2ccc(C(C)(C)C)cc2)cc1COc1cccc(Cl)c1Cl. The van der Waals surface area contributed by atoms with E-state index in [9.17, 15) is 4.79 Å². The van der Waals surface area contributed by atoms with Crippen LogP contribution in [0, 0.1) is 5.92 Å². The predicted molar refractivity (Wildman–Crippen MR) is 146 cm³/mol. The molecule has 5 nitrogen and oxygen atoms in total. The molecule has 1 N–H and O–H groups in total. The number of ether oxygens (including phenoxy) is 2. The lowest BCUT2D eigenvalue weighted by Crippen LogP contribution is -2.20. The number of hydrazone groups is 1. The molecule has 7 heteroatoms. The summed E-state index contributed by atoms with van der Waals surface area (Å²) in [4.78, 5) is 12.6. The third-order valence-electron chi connectivity index (χ3n) is 6.32. The van der Waals surface area contributed by atoms with E-state index < -0.39 is 0 Å². The Kier molecular flexibility index (Phi) is 7.91. The fourth-order valence-electron chi connectivity index (χ4n) is 4.08. The number of carbonyl (C=O) groups excluding carboxylic acids is 1. The van der Waals surface area contributed by atoms with Gasteiger partial charge < -0.3 is 9.47 Å². The van der Waals surface area contributed by atoms with Crippen LogP contribution in [0.2, 0.25) is 10.0 Å². The number of rotatable bonds is 8. The highest BCUT2D eigenvalue weighted by molar-refractivity contribution is 6.42. The Morgan fingerprint density at radius 2 is 1.83 bits per heavy atom. The molecule has 4 rings (SSSR count). The van der Waals surface area contributed by atoms with E-state index in [1.54, 1.807) is 31.5 Å². The molecule has 1 fully saturated rings. The molecular formula is C29H30Cl2N2O3. The van der Waals surface area contributed by atoms with E-state index in [4.69, 9.17) is 32.7 Å². The summed E-state index contributed by atoms with van der Waals surface area (Å²) < 4.78 is 11.3. The topological polar surface area (TPSA) is 59.9 Å². The fraction of sp³-hybridized carbons (Fsp3) is 0.310. The number of nitrogens with one attached hydrogen (secondary N) is 1. The summed E-state index contributed by atoms with van der Waals surface area (Å²) in [6.45, 7) is 6.82. The highest BCUT2D eigenvalue weighted by atomic mass is 35.5. The molecule has 0 aromatic heterocycles. The third-order valence-corrected chi connectivity index (χ3v) is 7.13. The Hall–Kier alpha value is -3.02. The second-order valence-corrected chi connectivity index (χ2v) is 10.8. The quantitative estimate of drug-likeness (QED) is 0.251. The maximum Gasteiger partial charge on any atom is 0.243 e. The Bertz CT molecular complexity index is 1270. The highest BCUT2D eigenvalue weighted by Crippen LogP contribution is 2.47. The standard InChI is InChI=1S/C29H30Cl2N2O3/c1-29(2,3)21-11-9-19(10-12-21)22-15-23(22)28(34)33-32-16-18-8-13-25(35-4)20(14-18)17-36-26-7-5-6-24(30)27(26)31/h5-14,16,22-23H,15,17H2,1-4H3,(H,33,34)/b32-16-/t22-,23+/m1/s1. The van der Waals surface area contributed by atoms with Gasteiger partial charge in [-0.2, -0.15) is 5.10 Å². The van der Waals surface area contributed by atoms with Crippen LogP contribution in [-0.4, -0.2) is 19.2 Å². The van der Waals surface area contributed by atoms with Crippen LogP contribution in [-0.2, 0) is 16.8 Å². The molecule has 3 aromatic rings. The minimum atomic E-state index is -0.0659. The number of hydrogen-bond acceptors (Lipinski definition) is 4. The molecular weight excluding hydrogens is 495 g/mol. The van der Waals surface area contributed by atoms with E-state index in [0.29, 0.717) is 21.5 Å². The summed E-state index contributed by atoms with van der Waals surface area (Å²) in [5.41, 5.74) is 6.90. The number of hydrogen-bond donors (Lipinski definition) is 1. The third kappa shape index (κ3) is 6.21. The van der Waals surface area contributed by atoms with Crippen molar-refractivity contribution in [2.75, 3.05) is 7.11 Å². The minimum Gasteiger partial charge on any atom is -0.496 e. The molecule has 1 saturated carbocycles. The summed E-state index contributed by atoms with van der Waals surface area (Å²) in [5.74, 6) is 1.29. The van der Waals surface area contributed by atoms with E-state index in [1.807, 2.05) is 18.2 Å². The van der Waals surface area contributed by atoms with E-state index in [-0.39, 0.29) is 29.8 Å². The molecule has 2 atom stereocenters. The Morgan fingerprint density at radius 1 is 1.08 bits per heavy atom. The van der Waals surface area contributed by atoms with E-state index in [1.165, 1.54) is 11.1 Å². The summed E-state index contributed by atoms with van der Waals surface area (Å²) in [5, 5.41) is 4.96. The summed E-state index contributed by atoms with van der Waals surface area (Å²) in [7, 11) is 1.60. The molecule has 0 bridgehead atoms. The second kappa shape index (κ2) is 10.9. The molecule has 1 aliphatic rings. The predicted octanol–water partition coefficient (Wildman–Crippen LogP) is 7.13. The maximum absolute atomic E-state index is 12.6. The zero-order chi connectivity index (χ0) is 25.9. The van der Waals surface area contributed by atoms with Crippen LogP contribution in [0.1, 0.15) is 55.4 Å². The van der Waals surface area contributed by atoms with Gasteiger partial charge in [0.15, 0.2) is 0 Å². The number of methoxy groups -OCH3 is 1. The molecule has 1 aliphatic carbocycles. The highest BCUT2D eigenvalue weighted by Gasteiger charge is 2.44. The molecule has 3 aromatic carbocycles. The van der Waals surface area contributed by atoms with E-state index >= 15 is 0 Å². The molecule has 0 heterocycles. The molecule has 0 spiro atoms. The van der Waals surface area contributed by atoms with Crippen molar-refractivity contribution in [3.05, 3.63) is 93.0 Å². The van der Waals surface area contributed by atoms with Gasteiger partial charge >= 0.3 is 0 Å². The zero-order valence-corrected chi connectivity index (χ0v) is 22.4. The zero-order valence-electron chi connectivity index (χ0n) is 20.8. The number of amides is 1. The van der Waals surface area contributed by atoms with Crippen LogP contribution < -0.4 is 14.9 Å². The molecule has 0 aliphatic heterocycles. The average Bonchev–Trinajstić information content (AvgIpc) is 3.66. The van der Waals surface area contributed by atoms with Crippen LogP contribution in [0.3, 0.4) is 0 Å². The van der Waals surface area contributed by atoms with Gasteiger partial charge in [-0.25, -0.2) is 5.43 Å². The lowest BCUT2D eigenvalue weighted by Gasteiger charge is -2.19. The number of halogens is 2. The van der Waals surface area contributed by atoms with Crippen molar-refractivity contribution in [1.82, 2.24) is 5.43 Å². The molecule has 1 amide bonds. The second-order valence-electron chi connectivity index (χ2n) is 9.97. The van der Waals surface area contributed by atoms with Gasteiger partial charge in [0.1, 0.15) is 23.1 Å². The summed E-state index contributed by atoms with van der Waals surface area (Å²) in [6.07, 6.45) is 2.45. The maximum atomic E-state index is 12.6. The first kappa shape index (κ1) is 26.1. The molecule has 0 unspecified atom stereocenters. The number of carbonyl (C=O) groups is 1. The molecule has 36 heavy (non-hydrogen) atoms. The molecule has 0 radical (unpaired) electrons. The van der Waals surface area contributed by atoms with Crippen LogP contribution in [0.15, 0.2) is 65.8 Å². The van der Waals surface area contributed by atoms with Crippen molar-refractivity contribution >= 4 is 35.3 Å². The smallest absolute Gasteiger partial charge is 0.243 e. The van der Waals surface area contributed by atoms with Gasteiger partial charge in [-0.15, -0.1) is 0 Å². The summed E-state index contributed by atoms with van der Waals surface area (Å²) in [6, 6.07) is 19.4. The monoisotopic (exact) mass is 524 g/mol. The normalized spacial score (nSPS) is 17.2. The van der Waals surface area contributed by atoms with Crippen molar-refractivity contribution in [2.24, 2.45) is 11.0 Å². The van der Waals surface area contributed by atoms with E-state index in [0.717, 1.165) is 17.5 Å². The minimum absolute atomic E-state index is 0.0510. The van der Waals surface area contributed by atoms with E-state index in [2.05, 4.69) is 55.6 Å². The van der Waals surface area contributed by atoms with Crippen LogP contribution in [0.5, 0.6) is 11.5 Å². The summed E-state index contributed by atoms with van der Waals surface area (Å²) >= 11 is 12.3. The van der Waals surface area contributed by atoms with Gasteiger partial charge in [0.25, 0.3) is 0 Å². The van der Waals surface area contributed by atoms with Gasteiger partial charge in [0, 0.05) is 11.5 Å². The first-order valence-electron chi connectivity index (χ1n) is 11.8. The average molecular weight is 525 g/mol. The van der Waals surface area contributed by atoms with Gasteiger partial charge in [-0.05, 0) is 64.8 Å². The first-order valence-corrected chi connectivity index (χ1v) is 12.6. The Morgan fingerprint density at radius 3 is 2.53 bits per heavy atom. The van der Waals surface area contributed by atoms with Crippen LogP contribution in [0.25, 0.3) is 0 Å². The largest absolute Gasteiger partial charge is 0.496 e. The van der Waals surface area contributed by atoms with Crippen molar-refractivity contribution < 1.29 is 14.3 Å². The number of benzene rings is 3. The Labute approximate surface area is 222 Å². The van der Waals surface area contributed by atoms with Gasteiger partial charge in [-0.1, -0.05) is 74.3 Å². The van der Waals surface area contributed by atoms with Crippen molar-refractivity contribution in [3.63, 3.8) is 0 Å². The number of nitrogens with zero attached hydrogens (tertiary/aromatic N) is 1. The van der Waals surface area contributed by atoms with Gasteiger partial charge in [0.2, 0.25) is 5.91 Å². The Balaban J connectivity index is 1.35.